The third kappa shape index (κ3) is 3.63. The van der Waals surface area contributed by atoms with Gasteiger partial charge in [-0.1, -0.05) is 19.9 Å². The topological polar surface area (TPSA) is 46.3 Å². The zero-order valence-corrected chi connectivity index (χ0v) is 14.3. The van der Waals surface area contributed by atoms with E-state index in [4.69, 9.17) is 5.73 Å². The fourth-order valence-corrected chi connectivity index (χ4v) is 3.30. The van der Waals surface area contributed by atoms with Gasteiger partial charge in [-0.2, -0.15) is 0 Å². The smallest absolute Gasteiger partial charge is 0.230 e. The van der Waals surface area contributed by atoms with E-state index in [0.717, 1.165) is 42.9 Å². The summed E-state index contributed by atoms with van der Waals surface area (Å²) in [5, 5.41) is 0. The molecule has 1 amide bonds. The molecule has 1 aliphatic carbocycles. The molecule has 1 aromatic rings. The lowest BCUT2D eigenvalue weighted by molar-refractivity contribution is -0.123. The monoisotopic (exact) mass is 301 g/mol. The van der Waals surface area contributed by atoms with Crippen molar-refractivity contribution in [2.24, 2.45) is 11.8 Å². The quantitative estimate of drug-likeness (QED) is 0.837. The predicted octanol–water partition coefficient (Wildman–Crippen LogP) is 4.41. The molecule has 3 nitrogen and oxygen atoms in total. The Kier molecular flexibility index (Phi) is 5.49. The number of carbonyl (C=O) groups is 1. The Morgan fingerprint density at radius 3 is 2.45 bits per heavy atom. The molecule has 1 fully saturated rings. The molecule has 0 bridgehead atoms. The summed E-state index contributed by atoms with van der Waals surface area (Å²) in [6.45, 7) is 8.40. The van der Waals surface area contributed by atoms with Crippen LogP contribution in [0.2, 0.25) is 0 Å². The first kappa shape index (κ1) is 16.9. The van der Waals surface area contributed by atoms with Crippen LogP contribution in [0, 0.1) is 18.3 Å². The SMILES string of the molecule is C[CH]c1ccc(N)c(N(C(=O)[C@H]2CC[C@H](C)CC2)C(C)C)c1. The van der Waals surface area contributed by atoms with Crippen LogP contribution < -0.4 is 10.6 Å². The van der Waals surface area contributed by atoms with E-state index in [1.165, 1.54) is 0 Å². The van der Waals surface area contributed by atoms with E-state index in [2.05, 4.69) is 20.8 Å². The summed E-state index contributed by atoms with van der Waals surface area (Å²) >= 11 is 0. The average Bonchev–Trinajstić information content (AvgIpc) is 2.49. The maximum Gasteiger partial charge on any atom is 0.230 e. The van der Waals surface area contributed by atoms with Gasteiger partial charge in [-0.05, 0) is 69.6 Å². The van der Waals surface area contributed by atoms with Crippen molar-refractivity contribution in [2.45, 2.75) is 59.4 Å². The van der Waals surface area contributed by atoms with Gasteiger partial charge in [0.05, 0.1) is 11.4 Å². The van der Waals surface area contributed by atoms with Crippen LogP contribution in [-0.2, 0) is 4.79 Å². The molecule has 1 saturated carbocycles. The number of hydrogen-bond donors (Lipinski definition) is 1. The molecule has 0 saturated heterocycles. The second-order valence-corrected chi connectivity index (χ2v) is 6.87. The van der Waals surface area contributed by atoms with Gasteiger partial charge in [0.2, 0.25) is 5.91 Å². The third-order valence-corrected chi connectivity index (χ3v) is 4.77. The predicted molar refractivity (Wildman–Crippen MR) is 93.7 cm³/mol. The van der Waals surface area contributed by atoms with Crippen LogP contribution in [0.5, 0.6) is 0 Å². The number of nitrogens with two attached hydrogens (primary N) is 1. The minimum Gasteiger partial charge on any atom is -0.397 e. The summed E-state index contributed by atoms with van der Waals surface area (Å²) < 4.78 is 0. The summed E-state index contributed by atoms with van der Waals surface area (Å²) in [5.41, 5.74) is 8.79. The van der Waals surface area contributed by atoms with E-state index in [1.54, 1.807) is 0 Å². The molecule has 0 unspecified atom stereocenters. The Hall–Kier alpha value is -1.51. The molecule has 0 aromatic heterocycles. The first-order valence-electron chi connectivity index (χ1n) is 8.46. The van der Waals surface area contributed by atoms with Gasteiger partial charge in [-0.3, -0.25) is 4.79 Å². The normalized spacial score (nSPS) is 21.9. The zero-order chi connectivity index (χ0) is 16.3. The maximum atomic E-state index is 13.1. The molecule has 1 aromatic carbocycles. The van der Waals surface area contributed by atoms with E-state index in [1.807, 2.05) is 36.4 Å². The number of benzene rings is 1. The highest BCUT2D eigenvalue weighted by molar-refractivity contribution is 5.98. The summed E-state index contributed by atoms with van der Waals surface area (Å²) in [6.07, 6.45) is 6.35. The standard InChI is InChI=1S/C19H29N2O/c1-5-15-8-11-17(20)18(12-15)21(13(2)3)19(22)16-9-6-14(4)7-10-16/h5,8,11-14,16H,6-7,9-10,20H2,1-4H3/t14-,16-. The minimum absolute atomic E-state index is 0.112. The number of nitrogens with zero attached hydrogens (tertiary/aromatic N) is 1. The minimum atomic E-state index is 0.112. The van der Waals surface area contributed by atoms with Crippen LogP contribution in [0.4, 0.5) is 11.4 Å². The lowest BCUT2D eigenvalue weighted by atomic mass is 9.82. The molecule has 0 aliphatic heterocycles. The van der Waals surface area contributed by atoms with E-state index in [-0.39, 0.29) is 17.9 Å². The number of anilines is 2. The van der Waals surface area contributed by atoms with Crippen molar-refractivity contribution >= 4 is 17.3 Å². The van der Waals surface area contributed by atoms with Gasteiger partial charge in [0, 0.05) is 12.0 Å². The van der Waals surface area contributed by atoms with Gasteiger partial charge in [0.15, 0.2) is 0 Å². The van der Waals surface area contributed by atoms with Crippen molar-refractivity contribution in [2.75, 3.05) is 10.6 Å². The summed E-state index contributed by atoms with van der Waals surface area (Å²) in [6, 6.07) is 6.03. The lowest BCUT2D eigenvalue weighted by Crippen LogP contribution is -2.42. The Bertz CT molecular complexity index is 516. The van der Waals surface area contributed by atoms with Crippen molar-refractivity contribution in [3.8, 4) is 0 Å². The van der Waals surface area contributed by atoms with E-state index in [9.17, 15) is 4.79 Å². The highest BCUT2D eigenvalue weighted by atomic mass is 16.2. The average molecular weight is 301 g/mol. The maximum absolute atomic E-state index is 13.1. The molecule has 22 heavy (non-hydrogen) atoms. The Morgan fingerprint density at radius 1 is 1.27 bits per heavy atom. The van der Waals surface area contributed by atoms with Crippen molar-refractivity contribution < 1.29 is 4.79 Å². The van der Waals surface area contributed by atoms with Gasteiger partial charge in [0.25, 0.3) is 0 Å². The van der Waals surface area contributed by atoms with Gasteiger partial charge >= 0.3 is 0 Å². The van der Waals surface area contributed by atoms with Crippen LogP contribution in [0.3, 0.4) is 0 Å². The first-order chi connectivity index (χ1) is 10.4. The number of amides is 1. The molecule has 2 N–H and O–H groups in total. The van der Waals surface area contributed by atoms with Crippen molar-refractivity contribution in [1.29, 1.82) is 0 Å². The molecular formula is C19H29N2O. The van der Waals surface area contributed by atoms with E-state index < -0.39 is 0 Å². The zero-order valence-electron chi connectivity index (χ0n) is 14.3. The van der Waals surface area contributed by atoms with Gasteiger partial charge in [0.1, 0.15) is 0 Å². The van der Waals surface area contributed by atoms with Crippen LogP contribution >= 0.6 is 0 Å². The second-order valence-electron chi connectivity index (χ2n) is 6.87. The van der Waals surface area contributed by atoms with Gasteiger partial charge < -0.3 is 10.6 Å². The number of rotatable bonds is 4. The van der Waals surface area contributed by atoms with Crippen LogP contribution in [0.15, 0.2) is 18.2 Å². The Labute approximate surface area is 134 Å². The summed E-state index contributed by atoms with van der Waals surface area (Å²) in [7, 11) is 0. The largest absolute Gasteiger partial charge is 0.397 e. The molecule has 2 rings (SSSR count). The van der Waals surface area contributed by atoms with Crippen LogP contribution in [-0.4, -0.2) is 11.9 Å². The van der Waals surface area contributed by atoms with Crippen LogP contribution in [0.1, 0.15) is 58.9 Å². The summed E-state index contributed by atoms with van der Waals surface area (Å²) in [4.78, 5) is 15.0. The van der Waals surface area contributed by atoms with E-state index in [0.29, 0.717) is 5.69 Å². The van der Waals surface area contributed by atoms with E-state index >= 15 is 0 Å². The van der Waals surface area contributed by atoms with Crippen molar-refractivity contribution in [3.05, 3.63) is 30.2 Å². The fraction of sp³-hybridized carbons (Fsp3) is 0.579. The second kappa shape index (κ2) is 7.17. The Balaban J connectivity index is 2.28. The molecular weight excluding hydrogens is 272 g/mol. The van der Waals surface area contributed by atoms with Crippen LogP contribution in [0.25, 0.3) is 0 Å². The number of nitrogen functional groups attached to an aromatic ring is 1. The lowest BCUT2D eigenvalue weighted by Gasteiger charge is -2.34. The number of hydrogen-bond acceptors (Lipinski definition) is 2. The Morgan fingerprint density at radius 2 is 1.91 bits per heavy atom. The summed E-state index contributed by atoms with van der Waals surface area (Å²) in [5.74, 6) is 1.13. The third-order valence-electron chi connectivity index (χ3n) is 4.77. The molecule has 3 heteroatoms. The highest BCUT2D eigenvalue weighted by Crippen LogP contribution is 2.34. The van der Waals surface area contributed by atoms with Gasteiger partial charge in [-0.15, -0.1) is 0 Å². The molecule has 1 radical (unpaired) electrons. The fourth-order valence-electron chi connectivity index (χ4n) is 3.30. The highest BCUT2D eigenvalue weighted by Gasteiger charge is 2.31. The molecule has 121 valence electrons. The van der Waals surface area contributed by atoms with Crippen molar-refractivity contribution in [1.82, 2.24) is 0 Å². The molecule has 0 atom stereocenters. The van der Waals surface area contributed by atoms with Gasteiger partial charge in [-0.25, -0.2) is 0 Å². The first-order valence-corrected chi connectivity index (χ1v) is 8.46. The molecule has 0 heterocycles. The number of carbonyl (C=O) groups excluding carboxylic acids is 1. The molecule has 1 aliphatic rings. The van der Waals surface area contributed by atoms with Crippen molar-refractivity contribution in [3.63, 3.8) is 0 Å². The molecule has 0 spiro atoms.